The molecule has 6 heteroatoms. The highest BCUT2D eigenvalue weighted by Gasteiger charge is 2.23. The maximum Gasteiger partial charge on any atom is 0.339 e. The second-order valence-corrected chi connectivity index (χ2v) is 8.49. The number of pyridine rings is 1. The number of aromatic hydroxyl groups is 1. The molecule has 0 spiro atoms. The monoisotopic (exact) mass is 443 g/mol. The van der Waals surface area contributed by atoms with Crippen molar-refractivity contribution in [3.05, 3.63) is 80.8 Å². The SMILES string of the molecule is CCc1cc2c(COC(=O)c3c4c(nc5ccccc35)CCCCC4)cc(=O)oc2cc1O. The summed E-state index contributed by atoms with van der Waals surface area (Å²) >= 11 is 0. The van der Waals surface area contributed by atoms with Crippen LogP contribution >= 0.6 is 0 Å². The molecule has 1 N–H and O–H groups in total. The average molecular weight is 443 g/mol. The normalized spacial score (nSPS) is 13.6. The largest absolute Gasteiger partial charge is 0.508 e. The first-order valence-corrected chi connectivity index (χ1v) is 11.4. The number of aryl methyl sites for hydroxylation is 2. The Kier molecular flexibility index (Phi) is 5.58. The number of hydrogen-bond acceptors (Lipinski definition) is 6. The third-order valence-corrected chi connectivity index (χ3v) is 6.39. The van der Waals surface area contributed by atoms with Crippen LogP contribution in [-0.4, -0.2) is 16.1 Å². The van der Waals surface area contributed by atoms with Crippen LogP contribution in [0.5, 0.6) is 5.75 Å². The summed E-state index contributed by atoms with van der Waals surface area (Å²) in [7, 11) is 0. The highest BCUT2D eigenvalue weighted by molar-refractivity contribution is 6.05. The number of para-hydroxylation sites is 1. The number of benzene rings is 2. The van der Waals surface area contributed by atoms with Gasteiger partial charge in [-0.25, -0.2) is 9.59 Å². The molecular formula is C27H25NO5. The minimum absolute atomic E-state index is 0.0692. The molecule has 168 valence electrons. The number of hydrogen-bond donors (Lipinski definition) is 1. The number of aromatic nitrogens is 1. The van der Waals surface area contributed by atoms with Crippen LogP contribution < -0.4 is 5.63 Å². The van der Waals surface area contributed by atoms with Crippen LogP contribution in [0.3, 0.4) is 0 Å². The van der Waals surface area contributed by atoms with Gasteiger partial charge in [0.05, 0.1) is 11.1 Å². The van der Waals surface area contributed by atoms with Crippen molar-refractivity contribution in [1.29, 1.82) is 0 Å². The molecule has 1 aliphatic rings. The summed E-state index contributed by atoms with van der Waals surface area (Å²) in [6.07, 6.45) is 5.46. The maximum atomic E-state index is 13.4. The predicted molar refractivity (Wildman–Crippen MR) is 126 cm³/mol. The predicted octanol–water partition coefficient (Wildman–Crippen LogP) is 5.24. The van der Waals surface area contributed by atoms with E-state index < -0.39 is 11.6 Å². The van der Waals surface area contributed by atoms with E-state index in [-0.39, 0.29) is 17.9 Å². The number of fused-ring (bicyclic) bond motifs is 3. The molecule has 0 fully saturated rings. The molecule has 2 aromatic heterocycles. The lowest BCUT2D eigenvalue weighted by molar-refractivity contribution is 0.0474. The lowest BCUT2D eigenvalue weighted by Crippen LogP contribution is -2.13. The van der Waals surface area contributed by atoms with Gasteiger partial charge in [-0.1, -0.05) is 31.5 Å². The van der Waals surface area contributed by atoms with Gasteiger partial charge in [0.1, 0.15) is 17.9 Å². The van der Waals surface area contributed by atoms with Crippen molar-refractivity contribution in [2.75, 3.05) is 0 Å². The maximum absolute atomic E-state index is 13.4. The first-order valence-electron chi connectivity index (χ1n) is 11.4. The van der Waals surface area contributed by atoms with Gasteiger partial charge >= 0.3 is 11.6 Å². The zero-order valence-electron chi connectivity index (χ0n) is 18.5. The van der Waals surface area contributed by atoms with Crippen LogP contribution in [0.2, 0.25) is 0 Å². The number of phenols is 1. The molecule has 1 aliphatic carbocycles. The first-order chi connectivity index (χ1) is 16.0. The molecule has 0 bridgehead atoms. The molecule has 0 saturated carbocycles. The minimum Gasteiger partial charge on any atom is -0.508 e. The van der Waals surface area contributed by atoms with E-state index in [1.165, 1.54) is 12.1 Å². The number of esters is 1. The average Bonchev–Trinajstić information content (AvgIpc) is 3.05. The molecule has 2 heterocycles. The quantitative estimate of drug-likeness (QED) is 0.264. The summed E-state index contributed by atoms with van der Waals surface area (Å²) in [6.45, 7) is 1.86. The van der Waals surface area contributed by atoms with Crippen molar-refractivity contribution in [1.82, 2.24) is 4.98 Å². The summed E-state index contributed by atoms with van der Waals surface area (Å²) < 4.78 is 11.0. The Bertz CT molecular complexity index is 1440. The Labute approximate surface area is 190 Å². The molecule has 0 saturated heterocycles. The van der Waals surface area contributed by atoms with E-state index in [0.29, 0.717) is 22.9 Å². The van der Waals surface area contributed by atoms with Crippen LogP contribution in [-0.2, 0) is 30.6 Å². The third kappa shape index (κ3) is 3.97. The number of nitrogens with zero attached hydrogens (tertiary/aromatic N) is 1. The Balaban J connectivity index is 1.55. The smallest absolute Gasteiger partial charge is 0.339 e. The number of phenolic OH excluding ortho intramolecular Hbond substituents is 1. The molecule has 6 nitrogen and oxygen atoms in total. The number of rotatable bonds is 4. The summed E-state index contributed by atoms with van der Waals surface area (Å²) in [5, 5.41) is 11.6. The van der Waals surface area contributed by atoms with Crippen molar-refractivity contribution < 1.29 is 19.1 Å². The van der Waals surface area contributed by atoms with E-state index in [1.807, 2.05) is 31.2 Å². The van der Waals surface area contributed by atoms with E-state index in [0.717, 1.165) is 59.8 Å². The molecule has 2 aromatic carbocycles. The second-order valence-electron chi connectivity index (χ2n) is 8.49. The summed E-state index contributed by atoms with van der Waals surface area (Å²) in [5.74, 6) is -0.337. The molecule has 4 aromatic rings. The van der Waals surface area contributed by atoms with E-state index >= 15 is 0 Å². The number of ether oxygens (including phenoxy) is 1. The van der Waals surface area contributed by atoms with Crippen molar-refractivity contribution in [3.8, 4) is 5.75 Å². The van der Waals surface area contributed by atoms with Gasteiger partial charge in [-0.05, 0) is 55.4 Å². The van der Waals surface area contributed by atoms with Gasteiger partial charge in [0.2, 0.25) is 0 Å². The van der Waals surface area contributed by atoms with Crippen LogP contribution in [0.15, 0.2) is 51.7 Å². The lowest BCUT2D eigenvalue weighted by atomic mass is 9.97. The van der Waals surface area contributed by atoms with Crippen molar-refractivity contribution in [2.45, 2.75) is 52.1 Å². The van der Waals surface area contributed by atoms with Crippen molar-refractivity contribution in [2.24, 2.45) is 0 Å². The third-order valence-electron chi connectivity index (χ3n) is 6.39. The summed E-state index contributed by atoms with van der Waals surface area (Å²) in [4.78, 5) is 30.3. The fraction of sp³-hybridized carbons (Fsp3) is 0.296. The standard InChI is InChI=1S/C27H25NO5/c1-2-16-12-20-17(13-25(30)33-24(20)14-23(16)29)15-32-27(31)26-18-8-4-3-5-10-21(18)28-22-11-7-6-9-19(22)26/h6-7,9,11-14,29H,2-5,8,10,15H2,1H3. The Morgan fingerprint density at radius 1 is 1.06 bits per heavy atom. The van der Waals surface area contributed by atoms with Crippen LogP contribution in [0.1, 0.15) is 58.9 Å². The van der Waals surface area contributed by atoms with Crippen molar-refractivity contribution in [3.63, 3.8) is 0 Å². The molecule has 0 unspecified atom stereocenters. The van der Waals surface area contributed by atoms with Crippen LogP contribution in [0, 0.1) is 0 Å². The van der Waals surface area contributed by atoms with Gasteiger partial charge in [0.15, 0.2) is 0 Å². The lowest BCUT2D eigenvalue weighted by Gasteiger charge is -2.15. The molecule has 0 amide bonds. The molecular weight excluding hydrogens is 418 g/mol. The Morgan fingerprint density at radius 3 is 2.73 bits per heavy atom. The van der Waals surface area contributed by atoms with Gasteiger partial charge in [-0.3, -0.25) is 4.98 Å². The van der Waals surface area contributed by atoms with E-state index in [9.17, 15) is 14.7 Å². The van der Waals surface area contributed by atoms with Gasteiger partial charge < -0.3 is 14.3 Å². The summed E-state index contributed by atoms with van der Waals surface area (Å²) in [5.41, 5.74) is 4.32. The number of carbonyl (C=O) groups is 1. The number of carbonyl (C=O) groups excluding carboxylic acids is 1. The molecule has 33 heavy (non-hydrogen) atoms. The van der Waals surface area contributed by atoms with Crippen LogP contribution in [0.4, 0.5) is 0 Å². The highest BCUT2D eigenvalue weighted by Crippen LogP contribution is 2.31. The zero-order valence-corrected chi connectivity index (χ0v) is 18.5. The molecule has 0 aliphatic heterocycles. The van der Waals surface area contributed by atoms with E-state index in [4.69, 9.17) is 14.1 Å². The fourth-order valence-electron chi connectivity index (χ4n) is 4.71. The Morgan fingerprint density at radius 2 is 1.88 bits per heavy atom. The minimum atomic E-state index is -0.555. The van der Waals surface area contributed by atoms with Gasteiger partial charge in [0, 0.05) is 34.2 Å². The molecule has 5 rings (SSSR count). The van der Waals surface area contributed by atoms with E-state index in [2.05, 4.69) is 0 Å². The van der Waals surface area contributed by atoms with E-state index in [1.54, 1.807) is 6.07 Å². The first kappa shape index (κ1) is 21.2. The molecule has 0 atom stereocenters. The Hall–Kier alpha value is -3.67. The zero-order chi connectivity index (χ0) is 22.9. The van der Waals surface area contributed by atoms with Crippen LogP contribution in [0.25, 0.3) is 21.9 Å². The highest BCUT2D eigenvalue weighted by atomic mass is 16.5. The van der Waals surface area contributed by atoms with Crippen molar-refractivity contribution >= 4 is 27.8 Å². The van der Waals surface area contributed by atoms with Gasteiger partial charge in [-0.15, -0.1) is 0 Å². The topological polar surface area (TPSA) is 89.6 Å². The van der Waals surface area contributed by atoms with Gasteiger partial charge in [0.25, 0.3) is 0 Å². The molecule has 0 radical (unpaired) electrons. The second kappa shape index (κ2) is 8.70. The summed E-state index contributed by atoms with van der Waals surface area (Å²) in [6, 6.07) is 12.2. The fourth-order valence-corrected chi connectivity index (χ4v) is 4.71. The van der Waals surface area contributed by atoms with Gasteiger partial charge in [-0.2, -0.15) is 0 Å².